The van der Waals surface area contributed by atoms with Gasteiger partial charge in [0.1, 0.15) is 12.1 Å². The number of benzene rings is 2. The average molecular weight is 440 g/mol. The van der Waals surface area contributed by atoms with E-state index in [9.17, 15) is 19.2 Å². The summed E-state index contributed by atoms with van der Waals surface area (Å²) in [6, 6.07) is 10.4. The Morgan fingerprint density at radius 3 is 2.28 bits per heavy atom. The molecule has 1 aliphatic rings. The van der Waals surface area contributed by atoms with Gasteiger partial charge in [-0.15, -0.1) is 0 Å². The lowest BCUT2D eigenvalue weighted by molar-refractivity contribution is -0.133. The topological polar surface area (TPSA) is 126 Å². The number of hydrogen-bond donors (Lipinski definition) is 3. The first-order valence-corrected chi connectivity index (χ1v) is 9.72. The number of rotatable bonds is 7. The number of hydrogen-bond acceptors (Lipinski definition) is 6. The zero-order valence-corrected chi connectivity index (χ0v) is 18.1. The Kier molecular flexibility index (Phi) is 6.33. The number of methoxy groups -OCH3 is 2. The van der Waals surface area contributed by atoms with Crippen molar-refractivity contribution in [2.75, 3.05) is 33.1 Å². The highest BCUT2D eigenvalue weighted by Gasteiger charge is 2.49. The van der Waals surface area contributed by atoms with E-state index in [4.69, 9.17) is 9.47 Å². The molecule has 1 aliphatic heterocycles. The number of imide groups is 1. The molecule has 1 saturated heterocycles. The van der Waals surface area contributed by atoms with Crippen LogP contribution in [-0.4, -0.2) is 56.5 Å². The average Bonchev–Trinajstić information content (AvgIpc) is 3.02. The number of nitrogens with zero attached hydrogens (tertiary/aromatic N) is 1. The number of carbonyl (C=O) groups is 4. The zero-order chi connectivity index (χ0) is 23.5. The van der Waals surface area contributed by atoms with E-state index < -0.39 is 29.9 Å². The Hall–Kier alpha value is -4.08. The van der Waals surface area contributed by atoms with Crippen LogP contribution in [0.25, 0.3) is 0 Å². The summed E-state index contributed by atoms with van der Waals surface area (Å²) in [6.07, 6.45) is 0. The van der Waals surface area contributed by atoms with Crippen LogP contribution in [0.15, 0.2) is 42.5 Å². The molecule has 1 heterocycles. The Morgan fingerprint density at radius 1 is 1.03 bits per heavy atom. The maximum atomic E-state index is 13.1. The van der Waals surface area contributed by atoms with Crippen molar-refractivity contribution in [1.82, 2.24) is 15.5 Å². The van der Waals surface area contributed by atoms with Crippen molar-refractivity contribution >= 4 is 29.4 Å². The van der Waals surface area contributed by atoms with Crippen molar-refractivity contribution in [2.45, 2.75) is 12.5 Å². The largest absolute Gasteiger partial charge is 0.493 e. The second kappa shape index (κ2) is 8.96. The summed E-state index contributed by atoms with van der Waals surface area (Å²) in [4.78, 5) is 50.5. The summed E-state index contributed by atoms with van der Waals surface area (Å²) >= 11 is 0. The molecule has 0 spiro atoms. The molecule has 1 atom stereocenters. The summed E-state index contributed by atoms with van der Waals surface area (Å²) in [6.45, 7) is 1.09. The summed E-state index contributed by atoms with van der Waals surface area (Å²) < 4.78 is 10.5. The molecule has 2 aromatic rings. The van der Waals surface area contributed by atoms with Gasteiger partial charge < -0.3 is 25.4 Å². The van der Waals surface area contributed by atoms with Gasteiger partial charge in [-0.05, 0) is 48.9 Å². The van der Waals surface area contributed by atoms with Gasteiger partial charge in [0, 0.05) is 18.3 Å². The van der Waals surface area contributed by atoms with Gasteiger partial charge in [-0.25, -0.2) is 4.79 Å². The number of urea groups is 1. The molecule has 1 fully saturated rings. The Labute approximate surface area is 184 Å². The van der Waals surface area contributed by atoms with E-state index in [-0.39, 0.29) is 5.91 Å². The van der Waals surface area contributed by atoms with Crippen LogP contribution in [0.4, 0.5) is 10.5 Å². The van der Waals surface area contributed by atoms with Crippen molar-refractivity contribution in [3.05, 3.63) is 53.6 Å². The minimum Gasteiger partial charge on any atom is -0.493 e. The van der Waals surface area contributed by atoms with Crippen LogP contribution in [0.2, 0.25) is 0 Å². The predicted octanol–water partition coefficient (Wildman–Crippen LogP) is 1.47. The van der Waals surface area contributed by atoms with Crippen LogP contribution >= 0.6 is 0 Å². The summed E-state index contributed by atoms with van der Waals surface area (Å²) in [5, 5.41) is 7.77. The molecule has 10 nitrogen and oxygen atoms in total. The normalized spacial score (nSPS) is 17.6. The number of nitrogens with one attached hydrogen (secondary N) is 3. The van der Waals surface area contributed by atoms with Gasteiger partial charge >= 0.3 is 6.03 Å². The molecule has 3 N–H and O–H groups in total. The van der Waals surface area contributed by atoms with Crippen molar-refractivity contribution in [2.24, 2.45) is 0 Å². The van der Waals surface area contributed by atoms with E-state index in [0.717, 1.165) is 4.90 Å². The van der Waals surface area contributed by atoms with E-state index in [1.807, 2.05) is 0 Å². The highest BCUT2D eigenvalue weighted by Crippen LogP contribution is 2.35. The molecule has 0 bridgehead atoms. The summed E-state index contributed by atoms with van der Waals surface area (Å²) in [5.41, 5.74) is -0.0182. The molecular weight excluding hydrogens is 416 g/mol. The van der Waals surface area contributed by atoms with Gasteiger partial charge in [-0.1, -0.05) is 6.07 Å². The fourth-order valence-electron chi connectivity index (χ4n) is 3.38. The quantitative estimate of drug-likeness (QED) is 0.560. The minimum absolute atomic E-state index is 0.253. The molecular formula is C22H24N4O6. The first kappa shape index (κ1) is 22.6. The van der Waals surface area contributed by atoms with Crippen LogP contribution in [0.1, 0.15) is 22.8 Å². The van der Waals surface area contributed by atoms with E-state index in [1.54, 1.807) is 49.4 Å². The zero-order valence-electron chi connectivity index (χ0n) is 18.1. The SMILES string of the molecule is CNC(=O)c1ccc(NC(=O)CN2C(=O)N[C@@](C)(c3ccc(OC)c(OC)c3)C2=O)cc1. The van der Waals surface area contributed by atoms with Crippen molar-refractivity contribution in [3.8, 4) is 11.5 Å². The van der Waals surface area contributed by atoms with E-state index in [1.165, 1.54) is 21.3 Å². The number of ether oxygens (including phenoxy) is 2. The minimum atomic E-state index is -1.37. The summed E-state index contributed by atoms with van der Waals surface area (Å²) in [5.74, 6) is -0.491. The van der Waals surface area contributed by atoms with E-state index >= 15 is 0 Å². The fraction of sp³-hybridized carbons (Fsp3) is 0.273. The standard InChI is InChI=1S/C22H24N4O6/c1-22(14-7-10-16(31-3)17(11-14)32-4)20(29)26(21(30)25-22)12-18(27)24-15-8-5-13(6-9-15)19(28)23-2/h5-11H,12H2,1-4H3,(H,23,28)(H,24,27)(H,25,30)/t22-/m0/s1. The van der Waals surface area contributed by atoms with Gasteiger partial charge in [-0.3, -0.25) is 19.3 Å². The highest BCUT2D eigenvalue weighted by molar-refractivity contribution is 6.10. The Bertz CT molecular complexity index is 1070. The smallest absolute Gasteiger partial charge is 0.325 e. The van der Waals surface area contributed by atoms with Gasteiger partial charge in [0.05, 0.1) is 14.2 Å². The van der Waals surface area contributed by atoms with Crippen LogP contribution in [0, 0.1) is 0 Å². The van der Waals surface area contributed by atoms with Crippen molar-refractivity contribution < 1.29 is 28.7 Å². The predicted molar refractivity (Wildman–Crippen MR) is 116 cm³/mol. The van der Waals surface area contributed by atoms with Crippen LogP contribution in [0.5, 0.6) is 11.5 Å². The molecule has 32 heavy (non-hydrogen) atoms. The van der Waals surface area contributed by atoms with E-state index in [2.05, 4.69) is 16.0 Å². The lowest BCUT2D eigenvalue weighted by Gasteiger charge is -2.23. The van der Waals surface area contributed by atoms with Gasteiger partial charge in [0.2, 0.25) is 5.91 Å². The monoisotopic (exact) mass is 440 g/mol. The number of amides is 5. The lowest BCUT2D eigenvalue weighted by atomic mass is 9.91. The van der Waals surface area contributed by atoms with Gasteiger partial charge in [-0.2, -0.15) is 0 Å². The molecule has 168 valence electrons. The molecule has 0 aliphatic carbocycles. The first-order chi connectivity index (χ1) is 15.2. The Balaban J connectivity index is 1.73. The first-order valence-electron chi connectivity index (χ1n) is 9.72. The third-order valence-corrected chi connectivity index (χ3v) is 5.20. The molecule has 5 amide bonds. The molecule has 0 radical (unpaired) electrons. The second-order valence-corrected chi connectivity index (χ2v) is 7.22. The van der Waals surface area contributed by atoms with Crippen LogP contribution in [-0.2, 0) is 15.1 Å². The van der Waals surface area contributed by atoms with E-state index in [0.29, 0.717) is 28.3 Å². The lowest BCUT2D eigenvalue weighted by Crippen LogP contribution is -2.42. The maximum Gasteiger partial charge on any atom is 0.325 e. The highest BCUT2D eigenvalue weighted by atomic mass is 16.5. The van der Waals surface area contributed by atoms with Crippen molar-refractivity contribution in [1.29, 1.82) is 0 Å². The molecule has 10 heteroatoms. The van der Waals surface area contributed by atoms with Crippen molar-refractivity contribution in [3.63, 3.8) is 0 Å². The molecule has 0 unspecified atom stereocenters. The third-order valence-electron chi connectivity index (χ3n) is 5.20. The maximum absolute atomic E-state index is 13.1. The number of anilines is 1. The Morgan fingerprint density at radius 2 is 1.69 bits per heavy atom. The van der Waals surface area contributed by atoms with Gasteiger partial charge in [0.15, 0.2) is 11.5 Å². The van der Waals surface area contributed by atoms with Crippen LogP contribution in [0.3, 0.4) is 0 Å². The molecule has 2 aromatic carbocycles. The molecule has 3 rings (SSSR count). The van der Waals surface area contributed by atoms with Crippen LogP contribution < -0.4 is 25.4 Å². The fourth-order valence-corrected chi connectivity index (χ4v) is 3.38. The second-order valence-electron chi connectivity index (χ2n) is 7.22. The number of carbonyl (C=O) groups excluding carboxylic acids is 4. The molecule has 0 saturated carbocycles. The van der Waals surface area contributed by atoms with Gasteiger partial charge in [0.25, 0.3) is 11.8 Å². The third kappa shape index (κ3) is 4.20. The summed E-state index contributed by atoms with van der Waals surface area (Å²) in [7, 11) is 4.48. The molecule has 0 aromatic heterocycles.